The predicted octanol–water partition coefficient (Wildman–Crippen LogP) is 2.63. The molecule has 0 atom stereocenters. The molecule has 1 aromatic carbocycles. The van der Waals surface area contributed by atoms with E-state index < -0.39 is 0 Å². The summed E-state index contributed by atoms with van der Waals surface area (Å²) >= 11 is 0. The molecule has 0 radical (unpaired) electrons. The van der Waals surface area contributed by atoms with E-state index in [-0.39, 0.29) is 5.91 Å². The fraction of sp³-hybridized carbons (Fsp3) is 0.400. The molecule has 0 unspecified atom stereocenters. The first kappa shape index (κ1) is 11.3. The first-order chi connectivity index (χ1) is 8.81. The molecule has 1 aliphatic carbocycles. The average molecular weight is 242 g/mol. The molecule has 0 spiro atoms. The van der Waals surface area contributed by atoms with Crippen molar-refractivity contribution < 1.29 is 4.79 Å². The van der Waals surface area contributed by atoms with Crippen molar-refractivity contribution in [2.45, 2.75) is 25.7 Å². The molecular formula is C15H18N2O. The Bertz CT molecular complexity index is 554. The van der Waals surface area contributed by atoms with Crippen molar-refractivity contribution in [1.29, 1.82) is 0 Å². The van der Waals surface area contributed by atoms with Gasteiger partial charge in [0.25, 0.3) is 0 Å². The zero-order chi connectivity index (χ0) is 12.4. The van der Waals surface area contributed by atoms with Crippen LogP contribution < -0.4 is 5.32 Å². The second-order valence-corrected chi connectivity index (χ2v) is 5.15. The maximum Gasteiger partial charge on any atom is 0.220 e. The van der Waals surface area contributed by atoms with Crippen molar-refractivity contribution in [3.8, 4) is 0 Å². The topological polar surface area (TPSA) is 44.9 Å². The van der Waals surface area contributed by atoms with Crippen molar-refractivity contribution in [2.24, 2.45) is 5.92 Å². The minimum atomic E-state index is 0.177. The van der Waals surface area contributed by atoms with Gasteiger partial charge < -0.3 is 10.3 Å². The van der Waals surface area contributed by atoms with E-state index in [1.54, 1.807) is 0 Å². The lowest BCUT2D eigenvalue weighted by Crippen LogP contribution is -2.25. The number of hydrogen-bond acceptors (Lipinski definition) is 1. The van der Waals surface area contributed by atoms with Crippen LogP contribution in [0.15, 0.2) is 30.5 Å². The van der Waals surface area contributed by atoms with Crippen molar-refractivity contribution in [2.75, 3.05) is 6.54 Å². The molecule has 1 saturated carbocycles. The number of aromatic amines is 1. The number of fused-ring (bicyclic) bond motifs is 1. The molecule has 3 rings (SSSR count). The van der Waals surface area contributed by atoms with Gasteiger partial charge in [-0.3, -0.25) is 4.79 Å². The number of aryl methyl sites for hydroxylation is 1. The van der Waals surface area contributed by atoms with E-state index in [1.165, 1.54) is 23.8 Å². The molecular weight excluding hydrogens is 224 g/mol. The van der Waals surface area contributed by atoms with E-state index in [4.69, 9.17) is 0 Å². The minimum absolute atomic E-state index is 0.177. The van der Waals surface area contributed by atoms with E-state index in [9.17, 15) is 4.79 Å². The van der Waals surface area contributed by atoms with Crippen LogP contribution in [-0.4, -0.2) is 17.4 Å². The van der Waals surface area contributed by atoms with Gasteiger partial charge in [0.2, 0.25) is 5.91 Å². The van der Waals surface area contributed by atoms with Crippen LogP contribution >= 0.6 is 0 Å². The number of rotatable bonds is 5. The summed E-state index contributed by atoms with van der Waals surface area (Å²) < 4.78 is 0. The Labute approximate surface area is 107 Å². The number of carbonyl (C=O) groups is 1. The lowest BCUT2D eigenvalue weighted by Gasteiger charge is -2.04. The minimum Gasteiger partial charge on any atom is -0.361 e. The highest BCUT2D eigenvalue weighted by Crippen LogP contribution is 2.27. The van der Waals surface area contributed by atoms with E-state index in [1.807, 2.05) is 6.20 Å². The van der Waals surface area contributed by atoms with E-state index in [0.29, 0.717) is 6.42 Å². The lowest BCUT2D eigenvalue weighted by molar-refractivity contribution is -0.121. The van der Waals surface area contributed by atoms with E-state index in [2.05, 4.69) is 34.6 Å². The summed E-state index contributed by atoms with van der Waals surface area (Å²) in [4.78, 5) is 14.8. The quantitative estimate of drug-likeness (QED) is 0.831. The van der Waals surface area contributed by atoms with Crippen molar-refractivity contribution in [3.63, 3.8) is 0 Å². The molecule has 3 nitrogen and oxygen atoms in total. The van der Waals surface area contributed by atoms with Crippen LogP contribution in [0, 0.1) is 5.92 Å². The molecule has 0 bridgehead atoms. The van der Waals surface area contributed by atoms with Gasteiger partial charge >= 0.3 is 0 Å². The van der Waals surface area contributed by atoms with Gasteiger partial charge in [0.05, 0.1) is 0 Å². The summed E-state index contributed by atoms with van der Waals surface area (Å²) in [5.74, 6) is 0.932. The normalized spacial score (nSPS) is 14.9. The summed E-state index contributed by atoms with van der Waals surface area (Å²) in [6, 6.07) is 8.38. The number of nitrogens with one attached hydrogen (secondary N) is 2. The summed E-state index contributed by atoms with van der Waals surface area (Å²) in [6.45, 7) is 0.871. The van der Waals surface area contributed by atoms with Crippen LogP contribution in [0.2, 0.25) is 0 Å². The van der Waals surface area contributed by atoms with Gasteiger partial charge in [-0.25, -0.2) is 0 Å². The lowest BCUT2D eigenvalue weighted by atomic mass is 10.1. The van der Waals surface area contributed by atoms with Crippen molar-refractivity contribution in [3.05, 3.63) is 36.0 Å². The Balaban J connectivity index is 1.53. The maximum absolute atomic E-state index is 11.6. The molecule has 18 heavy (non-hydrogen) atoms. The molecule has 0 aliphatic heterocycles. The SMILES string of the molecule is O=C(CCc1ccc2[nH]ccc2c1)NCC1CC1. The van der Waals surface area contributed by atoms with Crippen molar-refractivity contribution >= 4 is 16.8 Å². The fourth-order valence-electron chi connectivity index (χ4n) is 2.18. The molecule has 1 aromatic heterocycles. The Hall–Kier alpha value is -1.77. The van der Waals surface area contributed by atoms with Gasteiger partial charge in [-0.1, -0.05) is 6.07 Å². The third kappa shape index (κ3) is 2.73. The monoisotopic (exact) mass is 242 g/mol. The second-order valence-electron chi connectivity index (χ2n) is 5.15. The molecule has 1 aliphatic rings. The van der Waals surface area contributed by atoms with Crippen LogP contribution in [0.25, 0.3) is 10.9 Å². The van der Waals surface area contributed by atoms with Gasteiger partial charge in [0.1, 0.15) is 0 Å². The number of carbonyl (C=O) groups excluding carboxylic acids is 1. The first-order valence-electron chi connectivity index (χ1n) is 6.64. The van der Waals surface area contributed by atoms with Crippen molar-refractivity contribution in [1.82, 2.24) is 10.3 Å². The highest BCUT2D eigenvalue weighted by molar-refractivity contribution is 5.80. The van der Waals surface area contributed by atoms with E-state index >= 15 is 0 Å². The molecule has 1 fully saturated rings. The molecule has 1 amide bonds. The molecule has 3 heteroatoms. The molecule has 0 saturated heterocycles. The van der Waals surface area contributed by atoms with Gasteiger partial charge in [-0.05, 0) is 54.3 Å². The first-order valence-corrected chi connectivity index (χ1v) is 6.64. The summed E-state index contributed by atoms with van der Waals surface area (Å²) in [7, 11) is 0. The second kappa shape index (κ2) is 4.84. The van der Waals surface area contributed by atoms with Crippen LogP contribution in [-0.2, 0) is 11.2 Å². The highest BCUT2D eigenvalue weighted by atomic mass is 16.1. The molecule has 94 valence electrons. The fourth-order valence-corrected chi connectivity index (χ4v) is 2.18. The molecule has 2 aromatic rings. The Morgan fingerprint density at radius 3 is 3.06 bits per heavy atom. The highest BCUT2D eigenvalue weighted by Gasteiger charge is 2.21. The smallest absolute Gasteiger partial charge is 0.220 e. The Kier molecular flexibility index (Phi) is 3.05. The maximum atomic E-state index is 11.6. The van der Waals surface area contributed by atoms with Gasteiger partial charge in [-0.15, -0.1) is 0 Å². The Morgan fingerprint density at radius 1 is 1.33 bits per heavy atom. The van der Waals surface area contributed by atoms with Gasteiger partial charge in [-0.2, -0.15) is 0 Å². The zero-order valence-electron chi connectivity index (χ0n) is 10.4. The summed E-state index contributed by atoms with van der Waals surface area (Å²) in [5, 5.41) is 4.22. The number of aromatic nitrogens is 1. The number of benzene rings is 1. The molecule has 1 heterocycles. The zero-order valence-corrected chi connectivity index (χ0v) is 10.4. The third-order valence-electron chi connectivity index (χ3n) is 3.54. The van der Waals surface area contributed by atoms with Crippen LogP contribution in [0.1, 0.15) is 24.8 Å². The number of hydrogen-bond donors (Lipinski definition) is 2. The number of H-pyrrole nitrogens is 1. The standard InChI is InChI=1S/C15H18N2O/c18-15(17-10-12-1-2-12)6-4-11-3-5-14-13(9-11)7-8-16-14/h3,5,7-9,12,16H,1-2,4,6,10H2,(H,17,18). The van der Waals surface area contributed by atoms with Crippen LogP contribution in [0.5, 0.6) is 0 Å². The Morgan fingerprint density at radius 2 is 2.22 bits per heavy atom. The van der Waals surface area contributed by atoms with E-state index in [0.717, 1.165) is 24.4 Å². The summed E-state index contributed by atoms with van der Waals surface area (Å²) in [6.07, 6.45) is 5.91. The molecule has 2 N–H and O–H groups in total. The average Bonchev–Trinajstić information content (AvgIpc) is 3.10. The van der Waals surface area contributed by atoms with Crippen LogP contribution in [0.4, 0.5) is 0 Å². The van der Waals surface area contributed by atoms with Gasteiger partial charge in [0.15, 0.2) is 0 Å². The largest absolute Gasteiger partial charge is 0.361 e. The number of amides is 1. The third-order valence-corrected chi connectivity index (χ3v) is 3.54. The predicted molar refractivity (Wildman–Crippen MR) is 72.4 cm³/mol. The van der Waals surface area contributed by atoms with Gasteiger partial charge in [0, 0.05) is 24.7 Å². The summed E-state index contributed by atoms with van der Waals surface area (Å²) in [5.41, 5.74) is 2.38. The van der Waals surface area contributed by atoms with Crippen LogP contribution in [0.3, 0.4) is 0 Å².